The van der Waals surface area contributed by atoms with Crippen molar-refractivity contribution in [1.82, 2.24) is 20.2 Å². The van der Waals surface area contributed by atoms with Gasteiger partial charge in [0.05, 0.1) is 17.7 Å². The van der Waals surface area contributed by atoms with Gasteiger partial charge >= 0.3 is 0 Å². The van der Waals surface area contributed by atoms with Gasteiger partial charge in [-0.25, -0.2) is 4.98 Å². The third kappa shape index (κ3) is 5.23. The van der Waals surface area contributed by atoms with Crippen LogP contribution < -0.4 is 15.0 Å². The van der Waals surface area contributed by atoms with E-state index in [0.717, 1.165) is 29.0 Å². The van der Waals surface area contributed by atoms with Gasteiger partial charge < -0.3 is 25.0 Å². The number of carbonyl (C=O) groups excluding carboxylic acids is 1. The van der Waals surface area contributed by atoms with Gasteiger partial charge in [0.1, 0.15) is 23.5 Å². The summed E-state index contributed by atoms with van der Waals surface area (Å²) in [5.74, 6) is 0.509. The Labute approximate surface area is 194 Å². The number of pyridine rings is 2. The average Bonchev–Trinajstić information content (AvgIpc) is 3.19. The topological polar surface area (TPSA) is 90.8 Å². The summed E-state index contributed by atoms with van der Waals surface area (Å²) >= 11 is 0. The second-order valence-electron chi connectivity index (χ2n) is 8.69. The highest BCUT2D eigenvalue weighted by Gasteiger charge is 2.38. The number of aromatic nitrogens is 2. The minimum atomic E-state index is -1.01. The van der Waals surface area contributed by atoms with Gasteiger partial charge in [-0.2, -0.15) is 0 Å². The number of amides is 1. The Morgan fingerprint density at radius 3 is 2.97 bits per heavy atom. The Morgan fingerprint density at radius 1 is 1.30 bits per heavy atom. The van der Waals surface area contributed by atoms with Crippen molar-refractivity contribution < 1.29 is 14.6 Å². The van der Waals surface area contributed by atoms with Crippen LogP contribution in [0.5, 0.6) is 5.75 Å². The number of nitrogens with zero attached hydrogens (tertiary/aromatic N) is 4. The van der Waals surface area contributed by atoms with Crippen LogP contribution in [0.15, 0.2) is 48.7 Å². The summed E-state index contributed by atoms with van der Waals surface area (Å²) in [6.07, 6.45) is 2.33. The molecule has 3 heterocycles. The van der Waals surface area contributed by atoms with Crippen LogP contribution in [-0.2, 0) is 0 Å². The van der Waals surface area contributed by atoms with Crippen LogP contribution >= 0.6 is 0 Å². The van der Waals surface area contributed by atoms with Crippen molar-refractivity contribution in [1.29, 1.82) is 0 Å². The number of fused-ring (bicyclic) bond motifs is 1. The van der Waals surface area contributed by atoms with Gasteiger partial charge in [-0.05, 0) is 56.8 Å². The highest BCUT2D eigenvalue weighted by Crippen LogP contribution is 2.31. The van der Waals surface area contributed by atoms with Crippen LogP contribution in [0.25, 0.3) is 11.0 Å². The molecule has 1 aromatic carbocycles. The number of benzene rings is 1. The normalized spacial score (nSPS) is 18.0. The van der Waals surface area contributed by atoms with Gasteiger partial charge in [0.15, 0.2) is 0 Å². The third-order valence-electron chi connectivity index (χ3n) is 5.95. The Bertz CT molecular complexity index is 1140. The highest BCUT2D eigenvalue weighted by molar-refractivity contribution is 5.94. The molecular formula is C25H31N5O3. The van der Waals surface area contributed by atoms with E-state index >= 15 is 0 Å². The van der Waals surface area contributed by atoms with Gasteiger partial charge in [-0.15, -0.1) is 0 Å². The van der Waals surface area contributed by atoms with Crippen LogP contribution in [-0.4, -0.2) is 78.4 Å². The fourth-order valence-electron chi connectivity index (χ4n) is 4.28. The minimum Gasteiger partial charge on any atom is -0.492 e. The third-order valence-corrected chi connectivity index (χ3v) is 5.95. The van der Waals surface area contributed by atoms with Crippen LogP contribution in [0.3, 0.4) is 0 Å². The summed E-state index contributed by atoms with van der Waals surface area (Å²) in [4.78, 5) is 25.8. The molecule has 1 saturated heterocycles. The highest BCUT2D eigenvalue weighted by atomic mass is 16.5. The molecule has 4 rings (SSSR count). The monoisotopic (exact) mass is 449 g/mol. The number of nitrogens with one attached hydrogen (secondary N) is 1. The number of hydrogen-bond acceptors (Lipinski definition) is 7. The van der Waals surface area contributed by atoms with Crippen molar-refractivity contribution >= 4 is 22.6 Å². The number of aryl methyl sites for hydroxylation is 1. The fraction of sp³-hybridized carbons (Fsp3) is 0.400. The van der Waals surface area contributed by atoms with E-state index < -0.39 is 5.60 Å². The van der Waals surface area contributed by atoms with Crippen molar-refractivity contribution in [2.45, 2.75) is 18.9 Å². The number of likely N-dealkylation sites (N-methyl/N-ethyl adjacent to an activating group) is 2. The molecule has 1 atom stereocenters. The zero-order valence-corrected chi connectivity index (χ0v) is 19.4. The molecule has 174 valence electrons. The number of carbonyl (C=O) groups is 1. The lowest BCUT2D eigenvalue weighted by molar-refractivity contribution is 0.0264. The molecule has 0 aliphatic carbocycles. The van der Waals surface area contributed by atoms with Crippen molar-refractivity contribution in [3.8, 4) is 5.75 Å². The zero-order chi connectivity index (χ0) is 23.4. The lowest BCUT2D eigenvalue weighted by Gasteiger charge is -2.29. The Kier molecular flexibility index (Phi) is 6.76. The molecule has 2 N–H and O–H groups in total. The SMILES string of the molecule is CNCCOc1cccc(C(=O)N(C)CC2(O)CCN(c3ccnc4ccc(C)nc34)C2)c1. The molecule has 2 aromatic heterocycles. The van der Waals surface area contributed by atoms with Gasteiger partial charge in [0, 0.05) is 44.1 Å². The van der Waals surface area contributed by atoms with Gasteiger partial charge in [-0.3, -0.25) is 9.78 Å². The number of anilines is 1. The van der Waals surface area contributed by atoms with Crippen LogP contribution in [0.4, 0.5) is 5.69 Å². The number of β-amino-alcohol motifs (C(OH)–C–C–N with tert-alkyl or cyclic N) is 1. The molecule has 1 aliphatic heterocycles. The van der Waals surface area contributed by atoms with Gasteiger partial charge in [-0.1, -0.05) is 6.07 Å². The zero-order valence-electron chi connectivity index (χ0n) is 19.4. The maximum absolute atomic E-state index is 13.0. The van der Waals surface area contributed by atoms with E-state index in [0.29, 0.717) is 37.4 Å². The van der Waals surface area contributed by atoms with E-state index in [4.69, 9.17) is 4.74 Å². The summed E-state index contributed by atoms with van der Waals surface area (Å²) in [5.41, 5.74) is 3.08. The molecule has 0 radical (unpaired) electrons. The number of aliphatic hydroxyl groups is 1. The molecule has 3 aromatic rings. The molecule has 8 nitrogen and oxygen atoms in total. The largest absolute Gasteiger partial charge is 0.492 e. The van der Waals surface area contributed by atoms with Crippen LogP contribution in [0.1, 0.15) is 22.5 Å². The number of hydrogen-bond donors (Lipinski definition) is 2. The van der Waals surface area contributed by atoms with E-state index in [1.165, 1.54) is 0 Å². The van der Waals surface area contributed by atoms with Crippen LogP contribution in [0.2, 0.25) is 0 Å². The predicted octanol–water partition coefficient (Wildman–Crippen LogP) is 2.25. The first-order valence-corrected chi connectivity index (χ1v) is 11.2. The summed E-state index contributed by atoms with van der Waals surface area (Å²) in [6, 6.07) is 13.0. The lowest BCUT2D eigenvalue weighted by atomic mass is 10.0. The summed E-state index contributed by atoms with van der Waals surface area (Å²) < 4.78 is 5.68. The molecule has 8 heteroatoms. The Hall–Kier alpha value is -3.23. The molecule has 1 aliphatic rings. The molecule has 0 bridgehead atoms. The Balaban J connectivity index is 1.44. The smallest absolute Gasteiger partial charge is 0.253 e. The molecule has 33 heavy (non-hydrogen) atoms. The van der Waals surface area contributed by atoms with Crippen molar-refractivity contribution in [2.75, 3.05) is 51.8 Å². The van der Waals surface area contributed by atoms with Crippen molar-refractivity contribution in [3.05, 3.63) is 59.9 Å². The van der Waals surface area contributed by atoms with Crippen LogP contribution in [0, 0.1) is 6.92 Å². The quantitative estimate of drug-likeness (QED) is 0.510. The second kappa shape index (κ2) is 9.72. The first-order chi connectivity index (χ1) is 15.9. The maximum atomic E-state index is 13.0. The lowest BCUT2D eigenvalue weighted by Crippen LogP contribution is -2.45. The summed E-state index contributed by atoms with van der Waals surface area (Å²) in [7, 11) is 3.59. The average molecular weight is 450 g/mol. The molecule has 1 fully saturated rings. The van der Waals surface area contributed by atoms with Gasteiger partial charge in [0.2, 0.25) is 0 Å². The minimum absolute atomic E-state index is 0.146. The Morgan fingerprint density at radius 2 is 2.15 bits per heavy atom. The number of ether oxygens (including phenoxy) is 1. The van der Waals surface area contributed by atoms with Gasteiger partial charge in [0.25, 0.3) is 5.91 Å². The molecular weight excluding hydrogens is 418 g/mol. The molecule has 0 saturated carbocycles. The number of rotatable bonds is 8. The first-order valence-electron chi connectivity index (χ1n) is 11.2. The molecule has 1 amide bonds. The van der Waals surface area contributed by atoms with Crippen molar-refractivity contribution in [3.63, 3.8) is 0 Å². The van der Waals surface area contributed by atoms with E-state index in [2.05, 4.69) is 20.2 Å². The van der Waals surface area contributed by atoms with Crippen molar-refractivity contribution in [2.24, 2.45) is 0 Å². The fourth-order valence-corrected chi connectivity index (χ4v) is 4.28. The van der Waals surface area contributed by atoms with E-state index in [1.54, 1.807) is 30.3 Å². The predicted molar refractivity (Wildman–Crippen MR) is 129 cm³/mol. The van der Waals surface area contributed by atoms with E-state index in [1.807, 2.05) is 44.3 Å². The standard InChI is InChI=1S/C25H31N5O3/c1-18-7-8-21-23(28-18)22(9-11-27-21)30-13-10-25(32,17-30)16-29(3)24(31)19-5-4-6-20(15-19)33-14-12-26-2/h4-9,11,15,26,32H,10,12-14,16-17H2,1-3H3. The molecule has 0 spiro atoms. The van der Waals surface area contributed by atoms with E-state index in [9.17, 15) is 9.90 Å². The maximum Gasteiger partial charge on any atom is 0.253 e. The first kappa shape index (κ1) is 22.9. The second-order valence-corrected chi connectivity index (χ2v) is 8.69. The molecule has 1 unspecified atom stereocenters. The summed E-state index contributed by atoms with van der Waals surface area (Å²) in [6.45, 7) is 4.55. The van der Waals surface area contributed by atoms with E-state index in [-0.39, 0.29) is 12.5 Å². The summed E-state index contributed by atoms with van der Waals surface area (Å²) in [5, 5.41) is 14.3.